The van der Waals surface area contributed by atoms with Gasteiger partial charge in [0.1, 0.15) is 5.82 Å². The second kappa shape index (κ2) is 2.64. The van der Waals surface area contributed by atoms with Crippen molar-refractivity contribution in [2.24, 2.45) is 0 Å². The molecule has 0 amide bonds. The Labute approximate surface area is 54.1 Å². The minimum absolute atomic E-state index is 0.612. The monoisotopic (exact) mass is 126 g/mol. The van der Waals surface area contributed by atoms with Gasteiger partial charge in [0, 0.05) is 7.11 Å². The van der Waals surface area contributed by atoms with Gasteiger partial charge in [0.05, 0.1) is 18.5 Å². The van der Waals surface area contributed by atoms with Crippen LogP contribution in [-0.2, 0) is 11.3 Å². The van der Waals surface area contributed by atoms with Crippen LogP contribution in [0.5, 0.6) is 0 Å². The highest BCUT2D eigenvalue weighted by Gasteiger charge is 1.92. The molecule has 1 rings (SSSR count). The predicted molar refractivity (Wildman–Crippen MR) is 34.0 cm³/mol. The molecule has 3 heteroatoms. The van der Waals surface area contributed by atoms with Crippen LogP contribution in [0.4, 0.5) is 0 Å². The third-order valence-corrected chi connectivity index (χ3v) is 1.06. The van der Waals surface area contributed by atoms with E-state index in [0.29, 0.717) is 6.61 Å². The van der Waals surface area contributed by atoms with E-state index < -0.39 is 0 Å². The van der Waals surface area contributed by atoms with Crippen LogP contribution >= 0.6 is 0 Å². The van der Waals surface area contributed by atoms with E-state index in [0.717, 1.165) is 11.5 Å². The molecular weight excluding hydrogens is 116 g/mol. The van der Waals surface area contributed by atoms with Gasteiger partial charge in [-0.1, -0.05) is 0 Å². The summed E-state index contributed by atoms with van der Waals surface area (Å²) in [7, 11) is 1.66. The molecule has 0 aliphatic heterocycles. The number of imidazole rings is 1. The molecule has 0 saturated heterocycles. The van der Waals surface area contributed by atoms with E-state index >= 15 is 0 Å². The van der Waals surface area contributed by atoms with Crippen LogP contribution in [-0.4, -0.2) is 17.1 Å². The van der Waals surface area contributed by atoms with E-state index in [-0.39, 0.29) is 0 Å². The van der Waals surface area contributed by atoms with Gasteiger partial charge in [0.25, 0.3) is 0 Å². The maximum Gasteiger partial charge on any atom is 0.103 e. The molecule has 1 aromatic heterocycles. The standard InChI is InChI=1S/C6H10N2O/c1-5-7-3-6(8-5)4-9-2/h3H,4H2,1-2H3,(H,7,8). The normalized spacial score (nSPS) is 10.0. The third-order valence-electron chi connectivity index (χ3n) is 1.06. The minimum atomic E-state index is 0.612. The molecule has 0 atom stereocenters. The molecular formula is C6H10N2O. The van der Waals surface area contributed by atoms with Crippen LogP contribution in [0, 0.1) is 6.92 Å². The summed E-state index contributed by atoms with van der Waals surface area (Å²) in [5, 5.41) is 0. The quantitative estimate of drug-likeness (QED) is 0.638. The largest absolute Gasteiger partial charge is 0.378 e. The molecule has 1 heterocycles. The predicted octanol–water partition coefficient (Wildman–Crippen LogP) is 0.865. The Hall–Kier alpha value is -0.830. The number of nitrogens with zero attached hydrogens (tertiary/aromatic N) is 1. The Balaban J connectivity index is 2.61. The van der Waals surface area contributed by atoms with E-state index in [4.69, 9.17) is 4.74 Å². The number of aromatic amines is 1. The van der Waals surface area contributed by atoms with Crippen molar-refractivity contribution in [2.75, 3.05) is 7.11 Å². The molecule has 50 valence electrons. The number of rotatable bonds is 2. The van der Waals surface area contributed by atoms with Crippen molar-refractivity contribution in [3.05, 3.63) is 17.7 Å². The van der Waals surface area contributed by atoms with Gasteiger partial charge in [0.15, 0.2) is 0 Å². The zero-order valence-electron chi connectivity index (χ0n) is 5.64. The van der Waals surface area contributed by atoms with Gasteiger partial charge in [-0.2, -0.15) is 0 Å². The lowest BCUT2D eigenvalue weighted by Gasteiger charge is -1.90. The van der Waals surface area contributed by atoms with Crippen molar-refractivity contribution in [1.82, 2.24) is 9.97 Å². The first kappa shape index (κ1) is 6.29. The van der Waals surface area contributed by atoms with Gasteiger partial charge >= 0.3 is 0 Å². The molecule has 3 nitrogen and oxygen atoms in total. The van der Waals surface area contributed by atoms with Crippen molar-refractivity contribution < 1.29 is 4.74 Å². The van der Waals surface area contributed by atoms with Gasteiger partial charge < -0.3 is 9.72 Å². The molecule has 1 aromatic rings. The summed E-state index contributed by atoms with van der Waals surface area (Å²) in [6.45, 7) is 2.53. The van der Waals surface area contributed by atoms with E-state index in [1.54, 1.807) is 13.3 Å². The maximum atomic E-state index is 4.87. The van der Waals surface area contributed by atoms with E-state index in [1.165, 1.54) is 0 Å². The zero-order chi connectivity index (χ0) is 6.69. The first-order chi connectivity index (χ1) is 4.33. The van der Waals surface area contributed by atoms with Crippen LogP contribution < -0.4 is 0 Å². The number of ether oxygens (including phenoxy) is 1. The summed E-state index contributed by atoms with van der Waals surface area (Å²) in [6, 6.07) is 0. The van der Waals surface area contributed by atoms with Gasteiger partial charge in [-0.15, -0.1) is 0 Å². The van der Waals surface area contributed by atoms with Gasteiger partial charge in [-0.25, -0.2) is 4.98 Å². The summed E-state index contributed by atoms with van der Waals surface area (Å²) in [5.74, 6) is 0.932. The van der Waals surface area contributed by atoms with Crippen LogP contribution in [0.1, 0.15) is 11.5 Å². The lowest BCUT2D eigenvalue weighted by molar-refractivity contribution is 0.182. The van der Waals surface area contributed by atoms with Gasteiger partial charge in [-0.3, -0.25) is 0 Å². The van der Waals surface area contributed by atoms with Crippen molar-refractivity contribution in [3.8, 4) is 0 Å². The number of aromatic nitrogens is 2. The van der Waals surface area contributed by atoms with Gasteiger partial charge in [0.2, 0.25) is 0 Å². The summed E-state index contributed by atoms with van der Waals surface area (Å²) in [4.78, 5) is 7.04. The van der Waals surface area contributed by atoms with Crippen molar-refractivity contribution in [1.29, 1.82) is 0 Å². The van der Waals surface area contributed by atoms with Crippen LogP contribution in [0.15, 0.2) is 6.20 Å². The Bertz CT molecular complexity index is 183. The van der Waals surface area contributed by atoms with Crippen molar-refractivity contribution >= 4 is 0 Å². The Morgan fingerprint density at radius 2 is 2.56 bits per heavy atom. The highest BCUT2D eigenvalue weighted by molar-refractivity contribution is 4.97. The highest BCUT2D eigenvalue weighted by Crippen LogP contribution is 1.95. The molecule has 1 N–H and O–H groups in total. The van der Waals surface area contributed by atoms with Crippen molar-refractivity contribution in [3.63, 3.8) is 0 Å². The lowest BCUT2D eigenvalue weighted by Crippen LogP contribution is -1.85. The van der Waals surface area contributed by atoms with Crippen LogP contribution in [0.25, 0.3) is 0 Å². The zero-order valence-corrected chi connectivity index (χ0v) is 5.64. The molecule has 0 aromatic carbocycles. The Morgan fingerprint density at radius 3 is 3.00 bits per heavy atom. The summed E-state index contributed by atoms with van der Waals surface area (Å²) >= 11 is 0. The third kappa shape index (κ3) is 1.54. The smallest absolute Gasteiger partial charge is 0.103 e. The second-order valence-electron chi connectivity index (χ2n) is 1.93. The number of methoxy groups -OCH3 is 1. The number of hydrogen-bond donors (Lipinski definition) is 1. The summed E-state index contributed by atoms with van der Waals surface area (Å²) in [5.41, 5.74) is 1.02. The molecule has 0 fully saturated rings. The molecule has 0 bridgehead atoms. The molecule has 0 spiro atoms. The Morgan fingerprint density at radius 1 is 1.78 bits per heavy atom. The molecule has 0 saturated carbocycles. The number of nitrogens with one attached hydrogen (secondary N) is 1. The summed E-state index contributed by atoms with van der Waals surface area (Å²) in [6.07, 6.45) is 1.78. The average Bonchev–Trinajstić information content (AvgIpc) is 2.17. The lowest BCUT2D eigenvalue weighted by atomic mass is 10.5. The van der Waals surface area contributed by atoms with E-state index in [2.05, 4.69) is 9.97 Å². The topological polar surface area (TPSA) is 37.9 Å². The SMILES string of the molecule is COCc1cnc(C)[nH]1. The van der Waals surface area contributed by atoms with Crippen LogP contribution in [0.2, 0.25) is 0 Å². The number of hydrogen-bond acceptors (Lipinski definition) is 2. The fraction of sp³-hybridized carbons (Fsp3) is 0.500. The Kier molecular flexibility index (Phi) is 1.85. The summed E-state index contributed by atoms with van der Waals surface area (Å²) < 4.78 is 4.87. The van der Waals surface area contributed by atoms with E-state index in [9.17, 15) is 0 Å². The van der Waals surface area contributed by atoms with Gasteiger partial charge in [-0.05, 0) is 6.92 Å². The molecule has 0 aliphatic carbocycles. The first-order valence-electron chi connectivity index (χ1n) is 2.82. The highest BCUT2D eigenvalue weighted by atomic mass is 16.5. The molecule has 0 unspecified atom stereocenters. The minimum Gasteiger partial charge on any atom is -0.378 e. The number of H-pyrrole nitrogens is 1. The fourth-order valence-corrected chi connectivity index (χ4v) is 0.701. The first-order valence-corrected chi connectivity index (χ1v) is 2.82. The van der Waals surface area contributed by atoms with Crippen LogP contribution in [0.3, 0.4) is 0 Å². The van der Waals surface area contributed by atoms with Crippen molar-refractivity contribution in [2.45, 2.75) is 13.5 Å². The fourth-order valence-electron chi connectivity index (χ4n) is 0.701. The second-order valence-corrected chi connectivity index (χ2v) is 1.93. The average molecular weight is 126 g/mol. The maximum absolute atomic E-state index is 4.87. The van der Waals surface area contributed by atoms with E-state index in [1.807, 2.05) is 6.92 Å². The molecule has 0 radical (unpaired) electrons. The molecule has 9 heavy (non-hydrogen) atoms. The number of aryl methyl sites for hydroxylation is 1. The molecule has 0 aliphatic rings.